The number of hydrazone groups is 1. The summed E-state index contributed by atoms with van der Waals surface area (Å²) < 4.78 is 0. The molecule has 5 nitrogen and oxygen atoms in total. The number of rotatable bonds is 5. The minimum absolute atomic E-state index is 0.0239. The first-order valence-electron chi connectivity index (χ1n) is 5.91. The molecule has 0 spiro atoms. The van der Waals surface area contributed by atoms with Gasteiger partial charge in [-0.3, -0.25) is 10.1 Å². The van der Waals surface area contributed by atoms with Crippen molar-refractivity contribution < 1.29 is 4.92 Å². The van der Waals surface area contributed by atoms with E-state index in [1.165, 1.54) is 12.3 Å². The van der Waals surface area contributed by atoms with Gasteiger partial charge in [0.15, 0.2) is 0 Å². The molecule has 0 unspecified atom stereocenters. The molecule has 0 aliphatic rings. The first-order valence-corrected chi connectivity index (χ1v) is 6.29. The van der Waals surface area contributed by atoms with Crippen molar-refractivity contribution in [2.24, 2.45) is 5.10 Å². The van der Waals surface area contributed by atoms with E-state index in [-0.39, 0.29) is 5.69 Å². The summed E-state index contributed by atoms with van der Waals surface area (Å²) in [5.74, 6) is 0. The second kappa shape index (κ2) is 6.68. The normalized spacial score (nSPS) is 10.7. The maximum Gasteiger partial charge on any atom is 0.278 e. The summed E-state index contributed by atoms with van der Waals surface area (Å²) in [7, 11) is 0. The molecule has 0 aromatic heterocycles. The molecule has 6 heteroatoms. The summed E-state index contributed by atoms with van der Waals surface area (Å²) in [6.07, 6.45) is 1.43. The molecule has 2 aromatic rings. The van der Waals surface area contributed by atoms with Crippen LogP contribution in [0.4, 0.5) is 5.69 Å². The minimum atomic E-state index is -0.435. The summed E-state index contributed by atoms with van der Waals surface area (Å²) in [5, 5.41) is 15.5. The maximum atomic E-state index is 10.8. The third-order valence-electron chi connectivity index (χ3n) is 2.66. The van der Waals surface area contributed by atoms with E-state index < -0.39 is 4.92 Å². The van der Waals surface area contributed by atoms with Crippen LogP contribution >= 0.6 is 11.6 Å². The smallest absolute Gasteiger partial charge is 0.278 e. The fourth-order valence-corrected chi connectivity index (χ4v) is 1.85. The number of hydrogen-bond acceptors (Lipinski definition) is 4. The molecule has 0 aliphatic heterocycles. The second-order valence-corrected chi connectivity index (χ2v) is 4.41. The van der Waals surface area contributed by atoms with Gasteiger partial charge in [0.1, 0.15) is 0 Å². The average molecular weight is 290 g/mol. The van der Waals surface area contributed by atoms with E-state index in [9.17, 15) is 10.1 Å². The lowest BCUT2D eigenvalue weighted by molar-refractivity contribution is -0.385. The Balaban J connectivity index is 2.01. The van der Waals surface area contributed by atoms with Crippen LogP contribution in [0.1, 0.15) is 11.1 Å². The topological polar surface area (TPSA) is 67.5 Å². The lowest BCUT2D eigenvalue weighted by atomic mass is 10.2. The summed E-state index contributed by atoms with van der Waals surface area (Å²) in [6, 6.07) is 13.8. The molecule has 1 N–H and O–H groups in total. The van der Waals surface area contributed by atoms with E-state index in [4.69, 9.17) is 11.6 Å². The Morgan fingerprint density at radius 1 is 1.20 bits per heavy atom. The minimum Gasteiger partial charge on any atom is -0.306 e. The number of nitro benzene ring substituents is 1. The highest BCUT2D eigenvalue weighted by Gasteiger charge is 2.09. The first kappa shape index (κ1) is 14.0. The van der Waals surface area contributed by atoms with Gasteiger partial charge in [-0.2, -0.15) is 5.10 Å². The van der Waals surface area contributed by atoms with Crippen LogP contribution in [0.5, 0.6) is 0 Å². The Bertz CT molecular complexity index is 644. The number of hydrogen-bond donors (Lipinski definition) is 1. The Hall–Kier alpha value is -2.40. The molecule has 0 bridgehead atoms. The lowest BCUT2D eigenvalue weighted by Crippen LogP contribution is -2.06. The van der Waals surface area contributed by atoms with Gasteiger partial charge in [0.2, 0.25) is 0 Å². The van der Waals surface area contributed by atoms with E-state index in [1.54, 1.807) is 24.3 Å². The quantitative estimate of drug-likeness (QED) is 0.521. The van der Waals surface area contributed by atoms with Crippen molar-refractivity contribution in [2.45, 2.75) is 6.54 Å². The van der Waals surface area contributed by atoms with Gasteiger partial charge >= 0.3 is 0 Å². The predicted molar refractivity (Wildman–Crippen MR) is 79.0 cm³/mol. The van der Waals surface area contributed by atoms with Gasteiger partial charge in [-0.25, -0.2) is 0 Å². The van der Waals surface area contributed by atoms with Gasteiger partial charge < -0.3 is 5.43 Å². The van der Waals surface area contributed by atoms with Crippen LogP contribution in [0.3, 0.4) is 0 Å². The van der Waals surface area contributed by atoms with Crippen LogP contribution in [0.15, 0.2) is 53.6 Å². The van der Waals surface area contributed by atoms with Gasteiger partial charge in [0.05, 0.1) is 23.2 Å². The van der Waals surface area contributed by atoms with E-state index in [1.807, 2.05) is 18.2 Å². The number of nitro groups is 1. The van der Waals surface area contributed by atoms with Crippen LogP contribution < -0.4 is 5.43 Å². The Morgan fingerprint density at radius 3 is 2.65 bits per heavy atom. The second-order valence-electron chi connectivity index (χ2n) is 4.00. The van der Waals surface area contributed by atoms with Crippen LogP contribution in [-0.4, -0.2) is 11.1 Å². The van der Waals surface area contributed by atoms with Crippen LogP contribution in [0.25, 0.3) is 0 Å². The van der Waals surface area contributed by atoms with Gasteiger partial charge in [0, 0.05) is 11.1 Å². The molecule has 2 rings (SSSR count). The van der Waals surface area contributed by atoms with Crippen LogP contribution in [0, 0.1) is 10.1 Å². The Morgan fingerprint density at radius 2 is 1.90 bits per heavy atom. The molecule has 0 saturated carbocycles. The maximum absolute atomic E-state index is 10.8. The van der Waals surface area contributed by atoms with E-state index in [0.29, 0.717) is 17.1 Å². The Labute approximate surface area is 121 Å². The molecule has 0 fully saturated rings. The van der Waals surface area contributed by atoms with Crippen molar-refractivity contribution in [1.29, 1.82) is 0 Å². The fourth-order valence-electron chi connectivity index (χ4n) is 1.65. The molecule has 0 heterocycles. The summed E-state index contributed by atoms with van der Waals surface area (Å²) in [6.45, 7) is 0.455. The fraction of sp³-hybridized carbons (Fsp3) is 0.0714. The Kier molecular flexibility index (Phi) is 4.68. The number of para-hydroxylation sites is 1. The molecule has 20 heavy (non-hydrogen) atoms. The molecular weight excluding hydrogens is 278 g/mol. The van der Waals surface area contributed by atoms with Gasteiger partial charge in [-0.05, 0) is 17.7 Å². The van der Waals surface area contributed by atoms with Crippen LogP contribution in [0.2, 0.25) is 5.02 Å². The number of halogens is 1. The zero-order chi connectivity index (χ0) is 14.4. The van der Waals surface area contributed by atoms with Crippen LogP contribution in [-0.2, 0) is 6.54 Å². The number of nitrogens with one attached hydrogen (secondary N) is 1. The highest BCUT2D eigenvalue weighted by molar-refractivity contribution is 6.31. The summed E-state index contributed by atoms with van der Waals surface area (Å²) in [4.78, 5) is 10.4. The molecule has 0 atom stereocenters. The van der Waals surface area contributed by atoms with E-state index >= 15 is 0 Å². The molecular formula is C14H12ClN3O2. The average Bonchev–Trinajstić information content (AvgIpc) is 2.45. The summed E-state index contributed by atoms with van der Waals surface area (Å²) >= 11 is 6.01. The third kappa shape index (κ3) is 3.55. The third-order valence-corrected chi connectivity index (χ3v) is 3.02. The van der Waals surface area contributed by atoms with Gasteiger partial charge in [-0.1, -0.05) is 41.9 Å². The van der Waals surface area contributed by atoms with E-state index in [2.05, 4.69) is 10.5 Å². The van der Waals surface area contributed by atoms with Gasteiger partial charge in [-0.15, -0.1) is 0 Å². The van der Waals surface area contributed by atoms with Crippen molar-refractivity contribution in [2.75, 3.05) is 0 Å². The zero-order valence-electron chi connectivity index (χ0n) is 10.5. The zero-order valence-corrected chi connectivity index (χ0v) is 11.2. The molecule has 0 aliphatic carbocycles. The molecule has 0 amide bonds. The SMILES string of the molecule is O=[N+]([O-])c1ccccc1/C=N\NCc1ccccc1Cl. The summed E-state index contributed by atoms with van der Waals surface area (Å²) in [5.41, 5.74) is 4.20. The largest absolute Gasteiger partial charge is 0.306 e. The highest BCUT2D eigenvalue weighted by atomic mass is 35.5. The van der Waals surface area contributed by atoms with Crippen molar-refractivity contribution in [3.05, 3.63) is 74.8 Å². The van der Waals surface area contributed by atoms with Crippen molar-refractivity contribution in [3.63, 3.8) is 0 Å². The molecule has 2 aromatic carbocycles. The number of nitrogens with zero attached hydrogens (tertiary/aromatic N) is 2. The van der Waals surface area contributed by atoms with Crippen molar-refractivity contribution in [3.8, 4) is 0 Å². The molecule has 0 radical (unpaired) electrons. The lowest BCUT2D eigenvalue weighted by Gasteiger charge is -2.03. The molecule has 0 saturated heterocycles. The van der Waals surface area contributed by atoms with E-state index in [0.717, 1.165) is 5.56 Å². The predicted octanol–water partition coefficient (Wildman–Crippen LogP) is 3.37. The van der Waals surface area contributed by atoms with Crippen molar-refractivity contribution in [1.82, 2.24) is 5.43 Å². The number of benzene rings is 2. The van der Waals surface area contributed by atoms with Crippen molar-refractivity contribution >= 4 is 23.5 Å². The first-order chi connectivity index (χ1) is 9.68. The highest BCUT2D eigenvalue weighted by Crippen LogP contribution is 2.16. The monoisotopic (exact) mass is 289 g/mol. The standard InChI is InChI=1S/C14H12ClN3O2/c15-13-7-3-1-5-11(13)9-16-17-10-12-6-2-4-8-14(12)18(19)20/h1-8,10,16H,9H2/b17-10-. The molecule has 102 valence electrons. The van der Waals surface area contributed by atoms with Gasteiger partial charge in [0.25, 0.3) is 5.69 Å².